The molecule has 0 amide bonds. The summed E-state index contributed by atoms with van der Waals surface area (Å²) in [4.78, 5) is 0. The van der Waals surface area contributed by atoms with Crippen molar-refractivity contribution in [1.82, 2.24) is 0 Å². The van der Waals surface area contributed by atoms with Crippen LogP contribution in [0.3, 0.4) is 0 Å². The first-order chi connectivity index (χ1) is 16.7. The minimum absolute atomic E-state index is 0.229. The fourth-order valence-corrected chi connectivity index (χ4v) is 6.66. The van der Waals surface area contributed by atoms with Crippen molar-refractivity contribution < 1.29 is 9.30 Å². The minimum Gasteiger partial charge on any atom is -0.450 e. The molecule has 35 heavy (non-hydrogen) atoms. The van der Waals surface area contributed by atoms with Crippen LogP contribution in [-0.4, -0.2) is 0 Å². The van der Waals surface area contributed by atoms with Gasteiger partial charge in [-0.05, 0) is 78.1 Å². The summed E-state index contributed by atoms with van der Waals surface area (Å²) in [5.74, 6) is 2.67. The van der Waals surface area contributed by atoms with Crippen LogP contribution in [0.4, 0.5) is 0 Å². The molecular formula is C33H38NO+. The molecule has 0 atom stereocenters. The number of fused-ring (bicyclic) bond motifs is 3. The van der Waals surface area contributed by atoms with Crippen LogP contribution < -0.4 is 9.30 Å². The molecule has 0 unspecified atom stereocenters. The maximum Gasteiger partial charge on any atom is 0.256 e. The maximum atomic E-state index is 6.81. The van der Waals surface area contributed by atoms with Crippen LogP contribution in [0.1, 0.15) is 81.0 Å². The molecule has 2 nitrogen and oxygen atoms in total. The molecule has 1 fully saturated rings. The quantitative estimate of drug-likeness (QED) is 0.238. The Balaban J connectivity index is 1.63. The highest BCUT2D eigenvalue weighted by Gasteiger charge is 2.33. The number of nitrogens with zero attached hydrogens (tertiary/aromatic N) is 1. The fraction of sp³-hybridized carbons (Fsp3) is 0.424. The van der Waals surface area contributed by atoms with Gasteiger partial charge in [-0.25, -0.2) is 0 Å². The Kier molecular flexibility index (Phi) is 5.22. The van der Waals surface area contributed by atoms with Gasteiger partial charge in [-0.3, -0.25) is 0 Å². The smallest absolute Gasteiger partial charge is 0.256 e. The SMILES string of the molecule is Cc1cc2cc(CC(C)(C)C)cc3c2c(c1C)-c1c(cc2c(C4CCCCC4)cccc2[n+]1C)O3. The molecule has 0 N–H and O–H groups in total. The summed E-state index contributed by atoms with van der Waals surface area (Å²) in [5.41, 5.74) is 9.63. The Morgan fingerprint density at radius 3 is 2.46 bits per heavy atom. The second kappa shape index (κ2) is 8.08. The van der Waals surface area contributed by atoms with Crippen LogP contribution in [0, 0.1) is 19.3 Å². The largest absolute Gasteiger partial charge is 0.450 e. The van der Waals surface area contributed by atoms with Gasteiger partial charge in [0, 0.05) is 17.5 Å². The van der Waals surface area contributed by atoms with Gasteiger partial charge in [0.15, 0.2) is 5.75 Å². The van der Waals surface area contributed by atoms with Crippen molar-refractivity contribution in [2.24, 2.45) is 12.5 Å². The molecule has 3 aromatic carbocycles. The standard InChI is InChI=1S/C33H38NO/c1-20-15-24-16-22(19-33(3,4)5)17-28-31(24)30(21(20)2)32-29(35-28)18-26-25(23-11-8-7-9-12-23)13-10-14-27(26)34(32)6/h10,13-18,23H,7-9,11-12,19H2,1-6H3/q+1. The third-order valence-electron chi connectivity index (χ3n) is 8.34. The maximum absolute atomic E-state index is 6.81. The molecule has 1 aliphatic heterocycles. The Hall–Kier alpha value is -2.87. The monoisotopic (exact) mass is 464 g/mol. The van der Waals surface area contributed by atoms with E-state index in [4.69, 9.17) is 4.74 Å². The number of hydrogen-bond acceptors (Lipinski definition) is 1. The van der Waals surface area contributed by atoms with Crippen LogP contribution in [0.5, 0.6) is 11.5 Å². The van der Waals surface area contributed by atoms with Gasteiger partial charge in [0.2, 0.25) is 5.52 Å². The Morgan fingerprint density at radius 1 is 0.943 bits per heavy atom. The summed E-state index contributed by atoms with van der Waals surface area (Å²) >= 11 is 0. The van der Waals surface area contributed by atoms with E-state index >= 15 is 0 Å². The van der Waals surface area contributed by atoms with Crippen LogP contribution in [-0.2, 0) is 13.5 Å². The van der Waals surface area contributed by atoms with Crippen molar-refractivity contribution in [1.29, 1.82) is 0 Å². The second-order valence-electron chi connectivity index (χ2n) is 12.3. The number of ether oxygens (including phenoxy) is 1. The molecule has 0 saturated heterocycles. The number of pyridine rings is 1. The summed E-state index contributed by atoms with van der Waals surface area (Å²) < 4.78 is 9.20. The summed E-state index contributed by atoms with van der Waals surface area (Å²) in [6.45, 7) is 11.4. The molecule has 2 heteroatoms. The zero-order valence-electron chi connectivity index (χ0n) is 22.2. The molecule has 1 aliphatic carbocycles. The molecule has 4 aromatic rings. The van der Waals surface area contributed by atoms with E-state index in [9.17, 15) is 0 Å². The molecule has 1 aromatic heterocycles. The van der Waals surface area contributed by atoms with Gasteiger partial charge < -0.3 is 4.74 Å². The molecule has 0 radical (unpaired) electrons. The third-order valence-corrected chi connectivity index (χ3v) is 8.34. The van der Waals surface area contributed by atoms with Gasteiger partial charge >= 0.3 is 0 Å². The first-order valence-electron chi connectivity index (χ1n) is 13.4. The fourth-order valence-electron chi connectivity index (χ4n) is 6.66. The molecule has 0 spiro atoms. The molecule has 6 rings (SSSR count). The van der Waals surface area contributed by atoms with Gasteiger partial charge in [0.05, 0.1) is 10.9 Å². The molecule has 1 saturated carbocycles. The average molecular weight is 465 g/mol. The number of aromatic nitrogens is 1. The lowest BCUT2D eigenvalue weighted by Gasteiger charge is -2.26. The third kappa shape index (κ3) is 3.73. The summed E-state index contributed by atoms with van der Waals surface area (Å²) in [6.07, 6.45) is 7.71. The lowest BCUT2D eigenvalue weighted by molar-refractivity contribution is -0.633. The highest BCUT2D eigenvalue weighted by molar-refractivity contribution is 6.05. The zero-order chi connectivity index (χ0) is 24.5. The first-order valence-corrected chi connectivity index (χ1v) is 13.4. The highest BCUT2D eigenvalue weighted by Crippen LogP contribution is 2.49. The van der Waals surface area contributed by atoms with E-state index < -0.39 is 0 Å². The van der Waals surface area contributed by atoms with E-state index in [2.05, 4.69) is 88.7 Å². The Morgan fingerprint density at radius 2 is 1.71 bits per heavy atom. The predicted octanol–water partition coefficient (Wildman–Crippen LogP) is 8.84. The van der Waals surface area contributed by atoms with E-state index in [1.54, 1.807) is 0 Å². The van der Waals surface area contributed by atoms with Gasteiger partial charge in [0.25, 0.3) is 5.69 Å². The van der Waals surface area contributed by atoms with E-state index in [1.165, 1.54) is 87.3 Å². The summed E-state index contributed by atoms with van der Waals surface area (Å²) in [6, 6.07) is 16.3. The molecule has 0 bridgehead atoms. The van der Waals surface area contributed by atoms with Gasteiger partial charge in [-0.1, -0.05) is 64.3 Å². The highest BCUT2D eigenvalue weighted by atomic mass is 16.5. The summed E-state index contributed by atoms with van der Waals surface area (Å²) in [7, 11) is 2.22. The normalized spacial score (nSPS) is 15.9. The minimum atomic E-state index is 0.229. The first kappa shape index (κ1) is 22.6. The average Bonchev–Trinajstić information content (AvgIpc) is 2.81. The predicted molar refractivity (Wildman–Crippen MR) is 147 cm³/mol. The molecule has 180 valence electrons. The van der Waals surface area contributed by atoms with E-state index in [0.717, 1.165) is 17.9 Å². The van der Waals surface area contributed by atoms with Gasteiger partial charge in [0.1, 0.15) is 12.8 Å². The zero-order valence-corrected chi connectivity index (χ0v) is 22.2. The van der Waals surface area contributed by atoms with Crippen molar-refractivity contribution in [3.63, 3.8) is 0 Å². The molecular weight excluding hydrogens is 426 g/mol. The van der Waals surface area contributed by atoms with Crippen LogP contribution in [0.2, 0.25) is 0 Å². The van der Waals surface area contributed by atoms with Crippen molar-refractivity contribution in [3.8, 4) is 22.8 Å². The number of hydrogen-bond donors (Lipinski definition) is 0. The Bertz CT molecular complexity index is 1480. The second-order valence-corrected chi connectivity index (χ2v) is 12.3. The van der Waals surface area contributed by atoms with Crippen LogP contribution in [0.15, 0.2) is 42.5 Å². The molecule has 2 aliphatic rings. The number of rotatable bonds is 2. The lowest BCUT2D eigenvalue weighted by atomic mass is 9.82. The van der Waals surface area contributed by atoms with Crippen molar-refractivity contribution in [2.45, 2.75) is 79.1 Å². The van der Waals surface area contributed by atoms with Crippen molar-refractivity contribution in [3.05, 3.63) is 64.7 Å². The van der Waals surface area contributed by atoms with Gasteiger partial charge in [-0.2, -0.15) is 4.57 Å². The van der Waals surface area contributed by atoms with Crippen molar-refractivity contribution >= 4 is 21.7 Å². The van der Waals surface area contributed by atoms with Crippen LogP contribution in [0.25, 0.3) is 32.9 Å². The number of aryl methyl sites for hydroxylation is 2. The van der Waals surface area contributed by atoms with E-state index in [-0.39, 0.29) is 5.41 Å². The molecule has 2 heterocycles. The van der Waals surface area contributed by atoms with E-state index in [1.807, 2.05) is 0 Å². The van der Waals surface area contributed by atoms with Gasteiger partial charge in [-0.15, -0.1) is 0 Å². The van der Waals surface area contributed by atoms with Crippen molar-refractivity contribution in [2.75, 3.05) is 0 Å². The number of benzene rings is 3. The topological polar surface area (TPSA) is 13.1 Å². The summed E-state index contributed by atoms with van der Waals surface area (Å²) in [5, 5.41) is 3.91. The van der Waals surface area contributed by atoms with Crippen LogP contribution >= 0.6 is 0 Å². The van der Waals surface area contributed by atoms with E-state index in [0.29, 0.717) is 5.92 Å². The lowest BCUT2D eigenvalue weighted by Crippen LogP contribution is -2.34. The Labute approximate surface area is 209 Å².